The fourth-order valence-corrected chi connectivity index (χ4v) is 4.39. The summed E-state index contributed by atoms with van der Waals surface area (Å²) in [5.74, 6) is 1.67. The van der Waals surface area contributed by atoms with Gasteiger partial charge in [0.2, 0.25) is 5.91 Å². The molecule has 178 valence electrons. The topological polar surface area (TPSA) is 63.0 Å². The SMILES string of the molecule is CC(C)CC(=O)N1CCc2ccc(OCC(=O)N(C)Cc3ccco3)cc2C1c1ccccc1. The number of hydrogen-bond donors (Lipinski definition) is 0. The lowest BCUT2D eigenvalue weighted by atomic mass is 9.87. The van der Waals surface area contributed by atoms with Crippen LogP contribution in [0, 0.1) is 5.92 Å². The minimum atomic E-state index is -0.169. The number of likely N-dealkylation sites (N-methyl/N-ethyl adjacent to an activating group) is 1. The Kier molecular flexibility index (Phi) is 7.36. The molecular weight excluding hydrogens is 428 g/mol. The minimum Gasteiger partial charge on any atom is -0.484 e. The quantitative estimate of drug-likeness (QED) is 0.483. The van der Waals surface area contributed by atoms with Gasteiger partial charge in [0.1, 0.15) is 11.5 Å². The highest BCUT2D eigenvalue weighted by molar-refractivity contribution is 5.78. The highest BCUT2D eigenvalue weighted by Crippen LogP contribution is 2.37. The second kappa shape index (κ2) is 10.6. The normalized spacial score (nSPS) is 15.2. The summed E-state index contributed by atoms with van der Waals surface area (Å²) >= 11 is 0. The Bertz CT molecular complexity index is 1110. The number of amides is 2. The van der Waals surface area contributed by atoms with Crippen molar-refractivity contribution in [2.24, 2.45) is 5.92 Å². The van der Waals surface area contributed by atoms with Crippen molar-refractivity contribution in [2.45, 2.75) is 39.3 Å². The van der Waals surface area contributed by atoms with Crippen LogP contribution >= 0.6 is 0 Å². The first kappa shape index (κ1) is 23.6. The molecule has 6 heteroatoms. The minimum absolute atomic E-state index is 0.0675. The highest BCUT2D eigenvalue weighted by Gasteiger charge is 2.32. The number of ether oxygens (including phenoxy) is 1. The smallest absolute Gasteiger partial charge is 0.260 e. The molecule has 1 aromatic heterocycles. The van der Waals surface area contributed by atoms with Gasteiger partial charge >= 0.3 is 0 Å². The van der Waals surface area contributed by atoms with Gasteiger partial charge in [-0.1, -0.05) is 50.2 Å². The van der Waals surface area contributed by atoms with Crippen molar-refractivity contribution in [3.8, 4) is 5.75 Å². The van der Waals surface area contributed by atoms with E-state index in [1.54, 1.807) is 24.3 Å². The number of rotatable bonds is 8. The van der Waals surface area contributed by atoms with Gasteiger partial charge in [-0.2, -0.15) is 0 Å². The number of hydrogen-bond acceptors (Lipinski definition) is 4. The molecule has 6 nitrogen and oxygen atoms in total. The fourth-order valence-electron chi connectivity index (χ4n) is 4.39. The zero-order chi connectivity index (χ0) is 24.1. The van der Waals surface area contributed by atoms with Crippen LogP contribution in [-0.4, -0.2) is 41.8 Å². The van der Waals surface area contributed by atoms with Crippen molar-refractivity contribution in [3.63, 3.8) is 0 Å². The number of furan rings is 1. The molecule has 0 fully saturated rings. The Balaban J connectivity index is 1.54. The molecule has 0 saturated heterocycles. The van der Waals surface area contributed by atoms with Gasteiger partial charge < -0.3 is 19.0 Å². The third-order valence-corrected chi connectivity index (χ3v) is 6.13. The average Bonchev–Trinajstić information content (AvgIpc) is 3.34. The molecule has 2 aromatic carbocycles. The predicted molar refractivity (Wildman–Crippen MR) is 130 cm³/mol. The maximum absolute atomic E-state index is 13.1. The van der Waals surface area contributed by atoms with Crippen LogP contribution in [0.3, 0.4) is 0 Å². The Labute approximate surface area is 201 Å². The molecule has 0 bridgehead atoms. The van der Waals surface area contributed by atoms with Crippen LogP contribution in [-0.2, 0) is 22.6 Å². The zero-order valence-corrected chi connectivity index (χ0v) is 20.1. The van der Waals surface area contributed by atoms with E-state index < -0.39 is 0 Å². The summed E-state index contributed by atoms with van der Waals surface area (Å²) in [5.41, 5.74) is 3.34. The molecule has 34 heavy (non-hydrogen) atoms. The lowest BCUT2D eigenvalue weighted by molar-refractivity contribution is -0.134. The Morgan fingerprint density at radius 1 is 1.12 bits per heavy atom. The molecule has 2 heterocycles. The van der Waals surface area contributed by atoms with E-state index in [-0.39, 0.29) is 24.5 Å². The number of benzene rings is 2. The molecule has 0 aliphatic carbocycles. The van der Waals surface area contributed by atoms with Gasteiger partial charge in [0.05, 0.1) is 18.8 Å². The average molecular weight is 461 g/mol. The molecule has 1 aliphatic rings. The first-order valence-electron chi connectivity index (χ1n) is 11.8. The van der Waals surface area contributed by atoms with Crippen LogP contribution in [0.25, 0.3) is 0 Å². The number of nitrogens with zero attached hydrogens (tertiary/aromatic N) is 2. The van der Waals surface area contributed by atoms with Crippen molar-refractivity contribution in [3.05, 3.63) is 89.4 Å². The van der Waals surface area contributed by atoms with Crippen LogP contribution in [0.2, 0.25) is 0 Å². The largest absolute Gasteiger partial charge is 0.484 e. The molecule has 0 spiro atoms. The summed E-state index contributed by atoms with van der Waals surface area (Å²) in [7, 11) is 1.73. The molecule has 1 aliphatic heterocycles. The molecule has 1 atom stereocenters. The summed E-state index contributed by atoms with van der Waals surface area (Å²) < 4.78 is 11.2. The second-order valence-electron chi connectivity index (χ2n) is 9.23. The van der Waals surface area contributed by atoms with Gasteiger partial charge in [-0.3, -0.25) is 9.59 Å². The van der Waals surface area contributed by atoms with Gasteiger partial charge in [-0.15, -0.1) is 0 Å². The van der Waals surface area contributed by atoms with Gasteiger partial charge in [0.15, 0.2) is 6.61 Å². The van der Waals surface area contributed by atoms with Crippen LogP contribution < -0.4 is 4.74 Å². The molecule has 4 rings (SSSR count). The van der Waals surface area contributed by atoms with E-state index in [1.165, 1.54) is 5.56 Å². The van der Waals surface area contributed by atoms with E-state index in [0.29, 0.717) is 31.2 Å². The van der Waals surface area contributed by atoms with Gasteiger partial charge in [-0.05, 0) is 53.3 Å². The second-order valence-corrected chi connectivity index (χ2v) is 9.23. The molecule has 0 saturated carbocycles. The lowest BCUT2D eigenvalue weighted by Crippen LogP contribution is -2.41. The maximum Gasteiger partial charge on any atom is 0.260 e. The summed E-state index contributed by atoms with van der Waals surface area (Å²) in [6.45, 7) is 5.15. The molecule has 0 radical (unpaired) electrons. The molecule has 3 aromatic rings. The van der Waals surface area contributed by atoms with Crippen molar-refractivity contribution in [1.29, 1.82) is 0 Å². The predicted octanol–water partition coefficient (Wildman–Crippen LogP) is 4.84. The standard InChI is InChI=1S/C28H32N2O4/c1-20(2)16-26(31)30-14-13-21-11-12-23(17-25(21)28(30)22-8-5-4-6-9-22)34-19-27(32)29(3)18-24-10-7-15-33-24/h4-12,15,17,20,28H,13-14,16,18-19H2,1-3H3. The summed E-state index contributed by atoms with van der Waals surface area (Å²) in [5, 5.41) is 0. The van der Waals surface area contributed by atoms with Gasteiger partial charge in [0.25, 0.3) is 5.91 Å². The summed E-state index contributed by atoms with van der Waals surface area (Å²) in [6, 6.07) is 19.5. The zero-order valence-electron chi connectivity index (χ0n) is 20.1. The van der Waals surface area contributed by atoms with Crippen LogP contribution in [0.15, 0.2) is 71.3 Å². The Hall–Kier alpha value is -3.54. The van der Waals surface area contributed by atoms with E-state index in [9.17, 15) is 9.59 Å². The molecule has 0 N–H and O–H groups in total. The van der Waals surface area contributed by atoms with Gasteiger partial charge in [0, 0.05) is 20.0 Å². The maximum atomic E-state index is 13.1. The van der Waals surface area contributed by atoms with Crippen molar-refractivity contribution in [1.82, 2.24) is 9.80 Å². The Morgan fingerprint density at radius 3 is 2.62 bits per heavy atom. The summed E-state index contributed by atoms with van der Waals surface area (Å²) in [6.07, 6.45) is 2.91. The number of carbonyl (C=O) groups excluding carboxylic acids is 2. The van der Waals surface area contributed by atoms with E-state index >= 15 is 0 Å². The summed E-state index contributed by atoms with van der Waals surface area (Å²) in [4.78, 5) is 29.3. The number of carbonyl (C=O) groups is 2. The number of fused-ring (bicyclic) bond motifs is 1. The first-order chi connectivity index (χ1) is 16.4. The van der Waals surface area contributed by atoms with Gasteiger partial charge in [-0.25, -0.2) is 0 Å². The first-order valence-corrected chi connectivity index (χ1v) is 11.8. The third kappa shape index (κ3) is 5.50. The van der Waals surface area contributed by atoms with Crippen molar-refractivity contribution < 1.29 is 18.7 Å². The third-order valence-electron chi connectivity index (χ3n) is 6.13. The monoisotopic (exact) mass is 460 g/mol. The van der Waals surface area contributed by atoms with Crippen LogP contribution in [0.1, 0.15) is 48.8 Å². The highest BCUT2D eigenvalue weighted by atomic mass is 16.5. The van der Waals surface area contributed by atoms with E-state index in [2.05, 4.69) is 32.0 Å². The molecular formula is C28H32N2O4. The Morgan fingerprint density at radius 2 is 1.91 bits per heavy atom. The van der Waals surface area contributed by atoms with Crippen molar-refractivity contribution >= 4 is 11.8 Å². The van der Waals surface area contributed by atoms with E-state index in [0.717, 1.165) is 23.3 Å². The molecule has 2 amide bonds. The fraction of sp³-hybridized carbons (Fsp3) is 0.357. The van der Waals surface area contributed by atoms with Crippen LogP contribution in [0.4, 0.5) is 0 Å². The van der Waals surface area contributed by atoms with Crippen LogP contribution in [0.5, 0.6) is 5.75 Å². The van der Waals surface area contributed by atoms with E-state index in [1.807, 2.05) is 41.3 Å². The van der Waals surface area contributed by atoms with Crippen molar-refractivity contribution in [2.75, 3.05) is 20.2 Å². The lowest BCUT2D eigenvalue weighted by Gasteiger charge is -2.38. The van der Waals surface area contributed by atoms with E-state index in [4.69, 9.17) is 9.15 Å². The molecule has 1 unspecified atom stereocenters.